The van der Waals surface area contributed by atoms with Crippen LogP contribution in [0.25, 0.3) is 97.0 Å². The summed E-state index contributed by atoms with van der Waals surface area (Å²) in [5.41, 5.74) is 7.01. The van der Waals surface area contributed by atoms with Crippen molar-refractivity contribution in [3.8, 4) is 55.9 Å². The summed E-state index contributed by atoms with van der Waals surface area (Å²) >= 11 is 3.51. The molecule has 0 unspecified atom stereocenters. The molecule has 3 heterocycles. The Kier molecular flexibility index (Phi) is 6.82. The molecule has 0 fully saturated rings. The first kappa shape index (κ1) is 28.9. The summed E-state index contributed by atoms with van der Waals surface area (Å²) in [5, 5.41) is 5.59. The summed E-state index contributed by atoms with van der Waals surface area (Å²) in [6, 6.07) is 54.9. The molecule has 3 aromatic heterocycles. The fourth-order valence-electron chi connectivity index (χ4n) is 6.81. The lowest BCUT2D eigenvalue weighted by molar-refractivity contribution is 1.08. The van der Waals surface area contributed by atoms with Crippen LogP contribution in [0.15, 0.2) is 158 Å². The number of aromatic nitrogens is 4. The first-order valence-corrected chi connectivity index (χ1v) is 18.1. The molecule has 0 saturated heterocycles. The predicted octanol–water partition coefficient (Wildman–Crippen LogP) is 12.3. The average Bonchev–Trinajstić information content (AvgIpc) is 3.78. The fraction of sp³-hybridized carbons (Fsp3) is 0. The summed E-state index contributed by atoms with van der Waals surface area (Å²) in [4.78, 5) is 21.2. The molecule has 0 radical (unpaired) electrons. The number of benzene rings is 7. The molecule has 0 aliphatic heterocycles. The maximum absolute atomic E-state index is 5.36. The van der Waals surface area contributed by atoms with E-state index in [1.807, 2.05) is 12.1 Å². The van der Waals surface area contributed by atoms with Gasteiger partial charge in [0.1, 0.15) is 5.01 Å². The lowest BCUT2D eigenvalue weighted by Crippen LogP contribution is -2.02. The van der Waals surface area contributed by atoms with Crippen LogP contribution in [-0.2, 0) is 0 Å². The van der Waals surface area contributed by atoms with E-state index in [4.69, 9.17) is 19.9 Å². The zero-order valence-corrected chi connectivity index (χ0v) is 28.2. The third kappa shape index (κ3) is 4.88. The molecule has 0 aliphatic rings. The molecular formula is C44H26N4S2. The smallest absolute Gasteiger partial charge is 0.167 e. The molecule has 10 aromatic rings. The SMILES string of the molecule is c1ccc(-c2nc3c(-c4nc(-c5ccc6ccccc6c5)nc(-c5ccccc5-c5ccccc5)n4)c4c(cc3s2)sc2ccccc24)cc1. The van der Waals surface area contributed by atoms with Gasteiger partial charge in [0.15, 0.2) is 17.5 Å². The molecule has 0 aliphatic carbocycles. The van der Waals surface area contributed by atoms with Gasteiger partial charge in [-0.2, -0.15) is 0 Å². The minimum Gasteiger partial charge on any atom is -0.235 e. The van der Waals surface area contributed by atoms with Crippen molar-refractivity contribution in [1.29, 1.82) is 0 Å². The zero-order valence-electron chi connectivity index (χ0n) is 26.6. The van der Waals surface area contributed by atoms with E-state index in [0.29, 0.717) is 17.5 Å². The van der Waals surface area contributed by atoms with Gasteiger partial charge >= 0.3 is 0 Å². The molecule has 0 N–H and O–H groups in total. The topological polar surface area (TPSA) is 51.6 Å². The van der Waals surface area contributed by atoms with Gasteiger partial charge in [0, 0.05) is 36.9 Å². The number of nitrogens with zero attached hydrogens (tertiary/aromatic N) is 4. The second kappa shape index (κ2) is 11.8. The molecular weight excluding hydrogens is 649 g/mol. The van der Waals surface area contributed by atoms with Crippen LogP contribution in [0.3, 0.4) is 0 Å². The minimum absolute atomic E-state index is 0.616. The highest BCUT2D eigenvalue weighted by Crippen LogP contribution is 2.46. The van der Waals surface area contributed by atoms with Crippen LogP contribution in [0, 0.1) is 0 Å². The van der Waals surface area contributed by atoms with Crippen molar-refractivity contribution in [2.24, 2.45) is 0 Å². The number of fused-ring (bicyclic) bond motifs is 5. The maximum Gasteiger partial charge on any atom is 0.167 e. The van der Waals surface area contributed by atoms with Gasteiger partial charge in [-0.05, 0) is 40.1 Å². The molecule has 0 saturated carbocycles. The Morgan fingerprint density at radius 3 is 1.88 bits per heavy atom. The molecule has 6 heteroatoms. The van der Waals surface area contributed by atoms with E-state index in [1.54, 1.807) is 22.7 Å². The Bertz CT molecular complexity index is 2880. The van der Waals surface area contributed by atoms with Crippen LogP contribution in [0.2, 0.25) is 0 Å². The Morgan fingerprint density at radius 2 is 1.04 bits per heavy atom. The normalized spacial score (nSPS) is 11.6. The Hall–Kier alpha value is -6.08. The molecule has 0 spiro atoms. The van der Waals surface area contributed by atoms with Crippen LogP contribution >= 0.6 is 22.7 Å². The highest BCUT2D eigenvalue weighted by molar-refractivity contribution is 7.27. The predicted molar refractivity (Wildman–Crippen MR) is 211 cm³/mol. The van der Waals surface area contributed by atoms with Gasteiger partial charge in [-0.25, -0.2) is 19.9 Å². The van der Waals surface area contributed by atoms with Crippen LogP contribution in [0.4, 0.5) is 0 Å². The van der Waals surface area contributed by atoms with Crippen molar-refractivity contribution < 1.29 is 0 Å². The third-order valence-corrected chi connectivity index (χ3v) is 11.3. The Balaban J connectivity index is 1.31. The van der Waals surface area contributed by atoms with E-state index < -0.39 is 0 Å². The van der Waals surface area contributed by atoms with Crippen molar-refractivity contribution in [3.63, 3.8) is 0 Å². The second-order valence-corrected chi connectivity index (χ2v) is 14.3. The van der Waals surface area contributed by atoms with Crippen LogP contribution in [0.1, 0.15) is 0 Å². The van der Waals surface area contributed by atoms with Crippen LogP contribution in [-0.4, -0.2) is 19.9 Å². The Labute approximate surface area is 296 Å². The Morgan fingerprint density at radius 1 is 0.380 bits per heavy atom. The number of rotatable bonds is 5. The monoisotopic (exact) mass is 674 g/mol. The fourth-order valence-corrected chi connectivity index (χ4v) is 9.05. The highest BCUT2D eigenvalue weighted by Gasteiger charge is 2.23. The molecule has 4 nitrogen and oxygen atoms in total. The van der Waals surface area contributed by atoms with Gasteiger partial charge in [-0.3, -0.25) is 0 Å². The molecule has 7 aromatic carbocycles. The van der Waals surface area contributed by atoms with E-state index in [9.17, 15) is 0 Å². The third-order valence-electron chi connectivity index (χ3n) is 9.17. The molecule has 0 atom stereocenters. The van der Waals surface area contributed by atoms with Crippen molar-refractivity contribution in [1.82, 2.24) is 19.9 Å². The maximum atomic E-state index is 5.36. The van der Waals surface area contributed by atoms with E-state index in [1.165, 1.54) is 20.2 Å². The van der Waals surface area contributed by atoms with Crippen LogP contribution in [0.5, 0.6) is 0 Å². The molecule has 234 valence electrons. The standard InChI is InChI=1S/C44H26N4S2/c1-3-14-28(15-4-1)32-19-9-10-20-33(32)42-46-41(31-24-23-27-13-7-8-18-30(27)25-31)47-43(48-42)39-38-34-21-11-12-22-35(34)49-36(38)26-37-40(39)45-44(50-37)29-16-5-2-6-17-29/h1-26H. The van der Waals surface area contributed by atoms with Crippen molar-refractivity contribution in [3.05, 3.63) is 158 Å². The van der Waals surface area contributed by atoms with E-state index in [-0.39, 0.29) is 0 Å². The van der Waals surface area contributed by atoms with Gasteiger partial charge in [0.05, 0.1) is 15.8 Å². The van der Waals surface area contributed by atoms with Gasteiger partial charge in [-0.15, -0.1) is 22.7 Å². The van der Waals surface area contributed by atoms with E-state index in [0.717, 1.165) is 59.4 Å². The number of hydrogen-bond donors (Lipinski definition) is 0. The summed E-state index contributed by atoms with van der Waals surface area (Å²) in [7, 11) is 0. The quantitative estimate of drug-likeness (QED) is 0.182. The highest BCUT2D eigenvalue weighted by atomic mass is 32.1. The zero-order chi connectivity index (χ0) is 33.0. The second-order valence-electron chi connectivity index (χ2n) is 12.2. The van der Waals surface area contributed by atoms with Gasteiger partial charge in [0.25, 0.3) is 0 Å². The molecule has 50 heavy (non-hydrogen) atoms. The van der Waals surface area contributed by atoms with Gasteiger partial charge in [-0.1, -0.05) is 140 Å². The van der Waals surface area contributed by atoms with Crippen LogP contribution < -0.4 is 0 Å². The molecule has 10 rings (SSSR count). The first-order valence-electron chi connectivity index (χ1n) is 16.5. The largest absolute Gasteiger partial charge is 0.235 e. The van der Waals surface area contributed by atoms with Crippen molar-refractivity contribution >= 4 is 63.8 Å². The molecule has 0 bridgehead atoms. The summed E-state index contributed by atoms with van der Waals surface area (Å²) in [5.74, 6) is 1.87. The lowest BCUT2D eigenvalue weighted by atomic mass is 9.99. The summed E-state index contributed by atoms with van der Waals surface area (Å²) in [6.45, 7) is 0. The number of thiazole rings is 1. The minimum atomic E-state index is 0.616. The van der Waals surface area contributed by atoms with Gasteiger partial charge in [0.2, 0.25) is 0 Å². The lowest BCUT2D eigenvalue weighted by Gasteiger charge is -2.13. The van der Waals surface area contributed by atoms with Crippen molar-refractivity contribution in [2.45, 2.75) is 0 Å². The first-order chi connectivity index (χ1) is 24.8. The summed E-state index contributed by atoms with van der Waals surface area (Å²) in [6.07, 6.45) is 0. The van der Waals surface area contributed by atoms with E-state index >= 15 is 0 Å². The molecule has 0 amide bonds. The van der Waals surface area contributed by atoms with E-state index in [2.05, 4.69) is 146 Å². The average molecular weight is 675 g/mol. The van der Waals surface area contributed by atoms with Gasteiger partial charge < -0.3 is 0 Å². The van der Waals surface area contributed by atoms with Crippen molar-refractivity contribution in [2.75, 3.05) is 0 Å². The number of hydrogen-bond acceptors (Lipinski definition) is 6. The summed E-state index contributed by atoms with van der Waals surface area (Å²) < 4.78 is 3.52. The number of thiophene rings is 1.